The number of nitrogens with two attached hydrogens (primary N) is 1. The molecule has 0 aromatic heterocycles. The molecule has 406 valence electrons. The van der Waals surface area contributed by atoms with Crippen molar-refractivity contribution in [2.24, 2.45) is 5.73 Å². The molecule has 0 aromatic carbocycles. The number of hydrogen-bond acceptors (Lipinski definition) is 12. The summed E-state index contributed by atoms with van der Waals surface area (Å²) in [6.07, 6.45) is 26.7. The Labute approximate surface area is 416 Å². The van der Waals surface area contributed by atoms with Crippen LogP contribution in [0.1, 0.15) is 201 Å². The Morgan fingerprint density at radius 2 is 1.04 bits per heavy atom. The minimum atomic E-state index is -5.08. The van der Waals surface area contributed by atoms with Crippen LogP contribution < -0.4 is 21.7 Å². The van der Waals surface area contributed by atoms with E-state index in [2.05, 4.69) is 29.8 Å². The van der Waals surface area contributed by atoms with Gasteiger partial charge in [-0.15, -0.1) is 0 Å². The lowest BCUT2D eigenvalue weighted by Crippen LogP contribution is -2.52. The second kappa shape index (κ2) is 48.5. The van der Waals surface area contributed by atoms with Crippen LogP contribution in [0.5, 0.6) is 0 Å². The summed E-state index contributed by atoms with van der Waals surface area (Å²) in [4.78, 5) is 71.7. The molecule has 69 heavy (non-hydrogen) atoms. The first-order chi connectivity index (χ1) is 33.1. The zero-order valence-electron chi connectivity index (χ0n) is 42.8. The van der Waals surface area contributed by atoms with E-state index in [4.69, 9.17) is 34.6 Å². The van der Waals surface area contributed by atoms with E-state index in [9.17, 15) is 37.1 Å². The number of carboxylic acid groups (broad SMARTS) is 1. The van der Waals surface area contributed by atoms with E-state index in [-0.39, 0.29) is 36.8 Å². The van der Waals surface area contributed by atoms with Gasteiger partial charge in [0.15, 0.2) is 0 Å². The van der Waals surface area contributed by atoms with Gasteiger partial charge in [-0.05, 0) is 19.8 Å². The van der Waals surface area contributed by atoms with Gasteiger partial charge < -0.3 is 45.7 Å². The standard InChI is InChI=1S/C48H92N4O9S.C2HF3O2/c1-5-7-9-11-13-15-17-19-21-23-25-27-29-31-45(54)60-38-42(61-46(55)32-30-28-26-24-22-20-18-16-14-12-10-8-6-2)39-62-40-43(49)48(57)52-41(3)47(56)51-37-44(53)50-33-34-59-36-35-58-4;3-2(4,5)1(6)7/h41-43H,5-40,49H2,1-4H3,(H,50,53)(H,51,56)(H,52,57);(H,6,7)/t41-,42+,43-;/m0./s1. The lowest BCUT2D eigenvalue weighted by Gasteiger charge is -2.20. The predicted octanol–water partition coefficient (Wildman–Crippen LogP) is 9.50. The van der Waals surface area contributed by atoms with Crippen LogP contribution in [0.3, 0.4) is 0 Å². The molecule has 0 saturated carbocycles. The van der Waals surface area contributed by atoms with Crippen LogP contribution in [0.2, 0.25) is 0 Å². The zero-order valence-corrected chi connectivity index (χ0v) is 43.7. The van der Waals surface area contributed by atoms with Crippen molar-refractivity contribution in [3.05, 3.63) is 0 Å². The van der Waals surface area contributed by atoms with E-state index in [1.165, 1.54) is 147 Å². The van der Waals surface area contributed by atoms with Crippen molar-refractivity contribution in [1.29, 1.82) is 0 Å². The third-order valence-corrected chi connectivity index (χ3v) is 12.3. The third kappa shape index (κ3) is 48.3. The molecular formula is C50H93F3N4O11S. The van der Waals surface area contributed by atoms with E-state index in [0.29, 0.717) is 45.0 Å². The van der Waals surface area contributed by atoms with Gasteiger partial charge in [-0.1, -0.05) is 168 Å². The molecule has 3 amide bonds. The number of thioether (sulfide) groups is 1. The van der Waals surface area contributed by atoms with Gasteiger partial charge in [-0.3, -0.25) is 24.0 Å². The molecule has 0 aliphatic rings. The molecular weight excluding hydrogens is 922 g/mol. The second-order valence-corrected chi connectivity index (χ2v) is 18.7. The van der Waals surface area contributed by atoms with Crippen LogP contribution in [0, 0.1) is 0 Å². The normalized spacial score (nSPS) is 12.5. The molecule has 0 spiro atoms. The number of carbonyl (C=O) groups excluding carboxylic acids is 5. The Bertz CT molecular complexity index is 1300. The number of halogens is 3. The number of aliphatic carboxylic acids is 1. The second-order valence-electron chi connectivity index (χ2n) is 17.6. The summed E-state index contributed by atoms with van der Waals surface area (Å²) >= 11 is 1.32. The van der Waals surface area contributed by atoms with Crippen LogP contribution in [0.4, 0.5) is 13.2 Å². The molecule has 3 atom stereocenters. The lowest BCUT2D eigenvalue weighted by molar-refractivity contribution is -0.192. The van der Waals surface area contributed by atoms with Gasteiger partial charge in [-0.2, -0.15) is 24.9 Å². The number of hydrogen-bond donors (Lipinski definition) is 5. The van der Waals surface area contributed by atoms with Crippen molar-refractivity contribution in [2.45, 2.75) is 225 Å². The maximum Gasteiger partial charge on any atom is 0.490 e. The predicted molar refractivity (Wildman–Crippen MR) is 267 cm³/mol. The Morgan fingerprint density at radius 1 is 0.609 bits per heavy atom. The van der Waals surface area contributed by atoms with Gasteiger partial charge in [0, 0.05) is 38.0 Å². The molecule has 19 heteroatoms. The van der Waals surface area contributed by atoms with Gasteiger partial charge in [0.25, 0.3) is 0 Å². The van der Waals surface area contributed by atoms with Crippen molar-refractivity contribution in [3.63, 3.8) is 0 Å². The summed E-state index contributed by atoms with van der Waals surface area (Å²) in [5, 5.41) is 14.9. The van der Waals surface area contributed by atoms with Crippen molar-refractivity contribution in [1.82, 2.24) is 16.0 Å². The number of carbonyl (C=O) groups is 6. The Morgan fingerprint density at radius 3 is 1.48 bits per heavy atom. The van der Waals surface area contributed by atoms with Crippen molar-refractivity contribution < 1.29 is 66.0 Å². The fraction of sp³-hybridized carbons (Fsp3) is 0.880. The highest BCUT2D eigenvalue weighted by molar-refractivity contribution is 7.99. The summed E-state index contributed by atoms with van der Waals surface area (Å²) in [5.41, 5.74) is 6.16. The summed E-state index contributed by atoms with van der Waals surface area (Å²) in [6.45, 7) is 7.19. The maximum atomic E-state index is 12.9. The molecule has 0 heterocycles. The van der Waals surface area contributed by atoms with Crippen LogP contribution in [-0.2, 0) is 47.7 Å². The van der Waals surface area contributed by atoms with Gasteiger partial charge in [0.1, 0.15) is 18.8 Å². The highest BCUT2D eigenvalue weighted by Crippen LogP contribution is 2.17. The van der Waals surface area contributed by atoms with Gasteiger partial charge >= 0.3 is 24.1 Å². The number of rotatable bonds is 46. The van der Waals surface area contributed by atoms with Crippen LogP contribution in [0.25, 0.3) is 0 Å². The van der Waals surface area contributed by atoms with Gasteiger partial charge in [0.2, 0.25) is 17.7 Å². The molecule has 0 saturated heterocycles. The number of esters is 2. The van der Waals surface area contributed by atoms with Gasteiger partial charge in [0.05, 0.1) is 32.4 Å². The average Bonchev–Trinajstić information content (AvgIpc) is 3.31. The summed E-state index contributed by atoms with van der Waals surface area (Å²) in [5.74, 6) is -4.34. The topological polar surface area (TPSA) is 222 Å². The number of unbranched alkanes of at least 4 members (excludes halogenated alkanes) is 24. The molecule has 6 N–H and O–H groups in total. The van der Waals surface area contributed by atoms with E-state index in [1.54, 1.807) is 7.11 Å². The number of alkyl halides is 3. The Balaban J connectivity index is 0. The first-order valence-electron chi connectivity index (χ1n) is 26.0. The number of carboxylic acids is 1. The molecule has 0 fully saturated rings. The van der Waals surface area contributed by atoms with E-state index < -0.39 is 42.1 Å². The maximum absolute atomic E-state index is 12.9. The molecule has 0 unspecified atom stereocenters. The highest BCUT2D eigenvalue weighted by Gasteiger charge is 2.38. The summed E-state index contributed by atoms with van der Waals surface area (Å²) < 4.78 is 53.3. The van der Waals surface area contributed by atoms with Crippen molar-refractivity contribution >= 4 is 47.4 Å². The van der Waals surface area contributed by atoms with Crippen LogP contribution in [0.15, 0.2) is 0 Å². The minimum absolute atomic E-state index is 0.0539. The molecule has 0 aliphatic carbocycles. The largest absolute Gasteiger partial charge is 0.490 e. The number of ether oxygens (including phenoxy) is 4. The van der Waals surface area contributed by atoms with Crippen LogP contribution in [-0.4, -0.2) is 123 Å². The number of methoxy groups -OCH3 is 1. The van der Waals surface area contributed by atoms with Crippen LogP contribution >= 0.6 is 11.8 Å². The number of nitrogens with one attached hydrogen (secondary N) is 3. The minimum Gasteiger partial charge on any atom is -0.475 e. The van der Waals surface area contributed by atoms with Crippen molar-refractivity contribution in [3.8, 4) is 0 Å². The van der Waals surface area contributed by atoms with Gasteiger partial charge in [-0.25, -0.2) is 4.79 Å². The first kappa shape index (κ1) is 67.9. The molecule has 0 rings (SSSR count). The van der Waals surface area contributed by atoms with E-state index in [0.717, 1.165) is 38.5 Å². The average molecular weight is 1020 g/mol. The molecule has 0 aliphatic heterocycles. The quantitative estimate of drug-likeness (QED) is 0.0284. The van der Waals surface area contributed by atoms with E-state index in [1.807, 2.05) is 0 Å². The fourth-order valence-corrected chi connectivity index (χ4v) is 7.84. The molecule has 15 nitrogen and oxygen atoms in total. The summed E-state index contributed by atoms with van der Waals surface area (Å²) in [6, 6.07) is -1.87. The summed E-state index contributed by atoms with van der Waals surface area (Å²) in [7, 11) is 1.57. The zero-order chi connectivity index (χ0) is 51.8. The Hall–Kier alpha value is -3.16. The SMILES string of the molecule is CCCCCCCCCCCCCCCC(=O)OC[C@H](CSC[C@H](N)C(=O)N[C@@H](C)C(=O)NCC(=O)NCCOCCOC)OC(=O)CCCCCCCCCCCCCCC.O=C(O)C(F)(F)F. The molecule has 0 bridgehead atoms. The fourth-order valence-electron chi connectivity index (χ4n) is 6.87. The smallest absolute Gasteiger partial charge is 0.475 e. The first-order valence-corrected chi connectivity index (χ1v) is 27.1. The van der Waals surface area contributed by atoms with E-state index >= 15 is 0 Å². The third-order valence-electron chi connectivity index (χ3n) is 11.1. The monoisotopic (exact) mass is 1010 g/mol. The highest BCUT2D eigenvalue weighted by atomic mass is 32.2. The number of amides is 3. The van der Waals surface area contributed by atoms with Crippen molar-refractivity contribution in [2.75, 3.05) is 58.1 Å². The molecule has 0 aromatic rings. The molecule has 0 radical (unpaired) electrons. The Kier molecular flexibility index (Phi) is 47.7. The lowest BCUT2D eigenvalue weighted by atomic mass is 10.0.